The topological polar surface area (TPSA) is 25.8 Å². The highest BCUT2D eigenvalue weighted by Gasteiger charge is 2.14. The molecule has 0 N–H and O–H groups in total. The number of benzene rings is 1. The largest absolute Gasteiger partial charge is 0.204 e. The first-order valence-corrected chi connectivity index (χ1v) is 6.63. The van der Waals surface area contributed by atoms with E-state index in [9.17, 15) is 8.78 Å². The third-order valence-electron chi connectivity index (χ3n) is 2.75. The summed E-state index contributed by atoms with van der Waals surface area (Å²) < 4.78 is 26.7. The van der Waals surface area contributed by atoms with Gasteiger partial charge in [-0.25, -0.2) is 8.78 Å². The minimum Gasteiger partial charge on any atom is -0.204 e. The van der Waals surface area contributed by atoms with E-state index in [1.807, 2.05) is 19.1 Å². The van der Waals surface area contributed by atoms with E-state index in [1.54, 1.807) is 0 Å². The molecular formula is C13H7ClF2N2S. The quantitative estimate of drug-likeness (QED) is 0.656. The van der Waals surface area contributed by atoms with E-state index in [-0.39, 0.29) is 5.15 Å². The van der Waals surface area contributed by atoms with Crippen LogP contribution < -0.4 is 0 Å². The Morgan fingerprint density at radius 3 is 2.37 bits per heavy atom. The van der Waals surface area contributed by atoms with E-state index in [0.717, 1.165) is 21.9 Å². The summed E-state index contributed by atoms with van der Waals surface area (Å²) in [6.45, 7) is 1.96. The normalized spacial score (nSPS) is 11.2. The van der Waals surface area contributed by atoms with Gasteiger partial charge in [0.15, 0.2) is 16.8 Å². The maximum atomic E-state index is 13.4. The molecule has 0 fully saturated rings. The number of nitrogens with zero attached hydrogens (tertiary/aromatic N) is 2. The molecule has 96 valence electrons. The van der Waals surface area contributed by atoms with E-state index < -0.39 is 11.6 Å². The van der Waals surface area contributed by atoms with Gasteiger partial charge in [-0.05, 0) is 31.2 Å². The van der Waals surface area contributed by atoms with E-state index in [1.165, 1.54) is 11.3 Å². The van der Waals surface area contributed by atoms with E-state index in [2.05, 4.69) is 10.2 Å². The van der Waals surface area contributed by atoms with Crippen LogP contribution in [0, 0.1) is 18.6 Å². The Bertz CT molecular complexity index is 786. The second-order valence-corrected chi connectivity index (χ2v) is 5.71. The molecular weight excluding hydrogens is 290 g/mol. The van der Waals surface area contributed by atoms with Crippen molar-refractivity contribution in [1.82, 2.24) is 10.2 Å². The zero-order valence-corrected chi connectivity index (χ0v) is 11.3. The number of thiophene rings is 1. The minimum atomic E-state index is -0.948. The fourth-order valence-corrected chi connectivity index (χ4v) is 2.92. The Morgan fingerprint density at radius 1 is 1.05 bits per heavy atom. The number of hydrogen-bond acceptors (Lipinski definition) is 3. The van der Waals surface area contributed by atoms with Gasteiger partial charge in [0.25, 0.3) is 0 Å². The molecule has 0 aliphatic rings. The maximum Gasteiger partial charge on any atom is 0.159 e. The van der Waals surface area contributed by atoms with Crippen LogP contribution in [0.5, 0.6) is 0 Å². The summed E-state index contributed by atoms with van der Waals surface area (Å²) in [5.41, 5.74) is 0.511. The summed E-state index contributed by atoms with van der Waals surface area (Å²) >= 11 is 7.40. The van der Waals surface area contributed by atoms with Crippen LogP contribution in [0.1, 0.15) is 4.88 Å². The van der Waals surface area contributed by atoms with Gasteiger partial charge in [-0.15, -0.1) is 21.5 Å². The van der Waals surface area contributed by atoms with Crippen molar-refractivity contribution in [3.8, 4) is 10.6 Å². The van der Waals surface area contributed by atoms with Gasteiger partial charge >= 0.3 is 0 Å². The first-order chi connectivity index (χ1) is 9.06. The number of fused-ring (bicyclic) bond motifs is 1. The molecule has 0 aliphatic carbocycles. The highest BCUT2D eigenvalue weighted by atomic mass is 35.5. The summed E-state index contributed by atoms with van der Waals surface area (Å²) in [7, 11) is 0. The fraction of sp³-hybridized carbons (Fsp3) is 0.0769. The number of rotatable bonds is 1. The van der Waals surface area contributed by atoms with Gasteiger partial charge in [0.2, 0.25) is 0 Å². The molecule has 3 rings (SSSR count). The molecule has 3 aromatic rings. The lowest BCUT2D eigenvalue weighted by atomic mass is 10.1. The highest BCUT2D eigenvalue weighted by molar-refractivity contribution is 7.15. The molecule has 0 unspecified atom stereocenters. The number of aryl methyl sites for hydroxylation is 1. The Labute approximate surface area is 116 Å². The summed E-state index contributed by atoms with van der Waals surface area (Å²) in [4.78, 5) is 1.94. The number of hydrogen-bond donors (Lipinski definition) is 0. The van der Waals surface area contributed by atoms with Crippen molar-refractivity contribution in [2.24, 2.45) is 0 Å². The first kappa shape index (κ1) is 12.4. The summed E-state index contributed by atoms with van der Waals surface area (Å²) in [6.07, 6.45) is 0. The zero-order chi connectivity index (χ0) is 13.6. The number of halogens is 3. The molecule has 0 bridgehead atoms. The van der Waals surface area contributed by atoms with Gasteiger partial charge < -0.3 is 0 Å². The molecule has 0 aliphatic heterocycles. The Hall–Kier alpha value is -1.59. The van der Waals surface area contributed by atoms with Crippen LogP contribution in [0.3, 0.4) is 0 Å². The van der Waals surface area contributed by atoms with Gasteiger partial charge in [-0.2, -0.15) is 0 Å². The fourth-order valence-electron chi connectivity index (χ4n) is 1.86. The van der Waals surface area contributed by atoms with Crippen LogP contribution in [0.25, 0.3) is 21.3 Å². The summed E-state index contributed by atoms with van der Waals surface area (Å²) in [6, 6.07) is 5.96. The van der Waals surface area contributed by atoms with Crippen LogP contribution in [0.15, 0.2) is 24.3 Å². The van der Waals surface area contributed by atoms with E-state index >= 15 is 0 Å². The smallest absolute Gasteiger partial charge is 0.159 e. The predicted octanol–water partition coefficient (Wildman–Crippen LogP) is 4.60. The first-order valence-electron chi connectivity index (χ1n) is 5.44. The van der Waals surface area contributed by atoms with Crippen LogP contribution in [0.4, 0.5) is 8.78 Å². The molecule has 0 saturated carbocycles. The standard InChI is InChI=1S/C13H7ClF2N2S/c1-6-2-3-11(19-6)12-7-4-9(15)10(16)5-8(7)13(14)18-17-12/h2-5H,1H3. The third-order valence-corrected chi connectivity index (χ3v) is 4.04. The van der Waals surface area contributed by atoms with Gasteiger partial charge in [0, 0.05) is 15.6 Å². The van der Waals surface area contributed by atoms with Gasteiger partial charge in [0.1, 0.15) is 5.69 Å². The van der Waals surface area contributed by atoms with Gasteiger partial charge in [-0.1, -0.05) is 11.6 Å². The van der Waals surface area contributed by atoms with E-state index in [0.29, 0.717) is 16.5 Å². The Balaban J connectivity index is 2.37. The molecule has 0 spiro atoms. The number of aromatic nitrogens is 2. The van der Waals surface area contributed by atoms with Crippen molar-refractivity contribution >= 4 is 33.7 Å². The third kappa shape index (κ3) is 2.09. The van der Waals surface area contributed by atoms with Crippen molar-refractivity contribution in [2.75, 3.05) is 0 Å². The van der Waals surface area contributed by atoms with Crippen LogP contribution >= 0.6 is 22.9 Å². The lowest BCUT2D eigenvalue weighted by molar-refractivity contribution is 0.511. The monoisotopic (exact) mass is 296 g/mol. The van der Waals surface area contributed by atoms with Crippen molar-refractivity contribution in [2.45, 2.75) is 6.92 Å². The summed E-state index contributed by atoms with van der Waals surface area (Å²) in [5.74, 6) is -1.87. The SMILES string of the molecule is Cc1ccc(-c2nnc(Cl)c3cc(F)c(F)cc23)s1. The molecule has 2 nitrogen and oxygen atoms in total. The molecule has 0 amide bonds. The zero-order valence-electron chi connectivity index (χ0n) is 9.75. The van der Waals surface area contributed by atoms with Gasteiger partial charge in [-0.3, -0.25) is 0 Å². The summed E-state index contributed by atoms with van der Waals surface area (Å²) in [5, 5.41) is 8.67. The molecule has 1 aromatic carbocycles. The van der Waals surface area contributed by atoms with Crippen LogP contribution in [0.2, 0.25) is 5.15 Å². The second kappa shape index (κ2) is 4.51. The molecule has 2 aromatic heterocycles. The Morgan fingerprint density at radius 2 is 1.74 bits per heavy atom. The molecule has 19 heavy (non-hydrogen) atoms. The van der Waals surface area contributed by atoms with Gasteiger partial charge in [0.05, 0.1) is 4.88 Å². The highest BCUT2D eigenvalue weighted by Crippen LogP contribution is 2.34. The Kier molecular flexibility index (Phi) is 2.95. The van der Waals surface area contributed by atoms with Crippen molar-refractivity contribution in [3.63, 3.8) is 0 Å². The van der Waals surface area contributed by atoms with Crippen molar-refractivity contribution in [3.05, 3.63) is 45.9 Å². The molecule has 0 atom stereocenters. The minimum absolute atomic E-state index is 0.0610. The molecule has 0 saturated heterocycles. The van der Waals surface area contributed by atoms with Crippen molar-refractivity contribution in [1.29, 1.82) is 0 Å². The van der Waals surface area contributed by atoms with Crippen LogP contribution in [-0.2, 0) is 0 Å². The molecule has 2 heterocycles. The van der Waals surface area contributed by atoms with Crippen molar-refractivity contribution < 1.29 is 8.78 Å². The van der Waals surface area contributed by atoms with E-state index in [4.69, 9.17) is 11.6 Å². The lowest BCUT2D eigenvalue weighted by Crippen LogP contribution is -1.93. The van der Waals surface area contributed by atoms with Crippen LogP contribution in [-0.4, -0.2) is 10.2 Å². The molecule has 0 radical (unpaired) electrons. The average molecular weight is 297 g/mol. The second-order valence-electron chi connectivity index (χ2n) is 4.06. The lowest BCUT2D eigenvalue weighted by Gasteiger charge is -2.05. The average Bonchev–Trinajstić information content (AvgIpc) is 2.79. The molecule has 6 heteroatoms. The maximum absolute atomic E-state index is 13.4. The predicted molar refractivity (Wildman–Crippen MR) is 72.5 cm³/mol.